The number of benzene rings is 2. The molecular formula is C26H20FN3O3. The van der Waals surface area contributed by atoms with Crippen molar-refractivity contribution < 1.29 is 18.7 Å². The van der Waals surface area contributed by atoms with Gasteiger partial charge in [0.2, 0.25) is 5.88 Å². The third-order valence-electron chi connectivity index (χ3n) is 5.96. The normalized spacial score (nSPS) is 14.1. The molecule has 0 N–H and O–H groups in total. The van der Waals surface area contributed by atoms with E-state index in [-0.39, 0.29) is 30.2 Å². The quantitative estimate of drug-likeness (QED) is 0.370. The smallest absolute Gasteiger partial charge is 0.249 e. The molecular weight excluding hydrogens is 421 g/mol. The third-order valence-corrected chi connectivity index (χ3v) is 5.96. The van der Waals surface area contributed by atoms with Crippen molar-refractivity contribution in [3.8, 4) is 11.6 Å². The summed E-state index contributed by atoms with van der Waals surface area (Å²) in [4.78, 5) is 38.4. The maximum absolute atomic E-state index is 13.1. The second-order valence-corrected chi connectivity index (χ2v) is 8.20. The summed E-state index contributed by atoms with van der Waals surface area (Å²) < 4.78 is 19.0. The van der Waals surface area contributed by atoms with Crippen molar-refractivity contribution in [3.05, 3.63) is 90.1 Å². The molecule has 0 unspecified atom stereocenters. The average molecular weight is 441 g/mol. The number of ether oxygens (including phenoxy) is 1. The highest BCUT2D eigenvalue weighted by molar-refractivity contribution is 6.10. The van der Waals surface area contributed by atoms with Crippen LogP contribution in [0.2, 0.25) is 0 Å². The van der Waals surface area contributed by atoms with Gasteiger partial charge in [0, 0.05) is 19.0 Å². The molecule has 0 radical (unpaired) electrons. The molecule has 5 rings (SSSR count). The number of nitrogens with zero attached hydrogens (tertiary/aromatic N) is 3. The minimum Gasteiger partial charge on any atom is -0.437 e. The zero-order chi connectivity index (χ0) is 22.8. The van der Waals surface area contributed by atoms with Gasteiger partial charge in [-0.25, -0.2) is 14.4 Å². The molecule has 0 bridgehead atoms. The van der Waals surface area contributed by atoms with Crippen LogP contribution in [0, 0.1) is 11.2 Å². The maximum atomic E-state index is 13.1. The van der Waals surface area contributed by atoms with Crippen molar-refractivity contribution in [2.24, 2.45) is 5.41 Å². The van der Waals surface area contributed by atoms with Gasteiger partial charge in [0.1, 0.15) is 17.9 Å². The highest BCUT2D eigenvalue weighted by Crippen LogP contribution is 2.48. The number of fused-ring (bicyclic) bond motifs is 1. The zero-order valence-corrected chi connectivity index (χ0v) is 17.7. The molecule has 6 nitrogen and oxygen atoms in total. The van der Waals surface area contributed by atoms with Gasteiger partial charge in [-0.15, -0.1) is 0 Å². The number of aromatic nitrogens is 3. The number of ketones is 2. The van der Waals surface area contributed by atoms with Crippen LogP contribution in [0.25, 0.3) is 11.0 Å². The second kappa shape index (κ2) is 8.50. The Bertz CT molecular complexity index is 1330. The van der Waals surface area contributed by atoms with E-state index in [1.807, 2.05) is 18.2 Å². The molecule has 164 valence electrons. The van der Waals surface area contributed by atoms with E-state index >= 15 is 0 Å². The molecule has 0 aliphatic heterocycles. The number of halogens is 1. The van der Waals surface area contributed by atoms with Gasteiger partial charge < -0.3 is 4.74 Å². The molecule has 2 heterocycles. The molecule has 2 aromatic carbocycles. The lowest BCUT2D eigenvalue weighted by atomic mass is 9.88. The van der Waals surface area contributed by atoms with Crippen molar-refractivity contribution in [3.63, 3.8) is 0 Å². The van der Waals surface area contributed by atoms with Crippen molar-refractivity contribution in [1.29, 1.82) is 0 Å². The van der Waals surface area contributed by atoms with Gasteiger partial charge >= 0.3 is 0 Å². The van der Waals surface area contributed by atoms with Crippen molar-refractivity contribution in [1.82, 2.24) is 15.0 Å². The number of carbonyl (C=O) groups is 2. The molecule has 0 spiro atoms. The highest BCUT2D eigenvalue weighted by atomic mass is 19.1. The van der Waals surface area contributed by atoms with Crippen LogP contribution in [0.5, 0.6) is 11.6 Å². The highest BCUT2D eigenvalue weighted by Gasteiger charge is 2.54. The van der Waals surface area contributed by atoms with Crippen LogP contribution in [0.1, 0.15) is 24.0 Å². The lowest BCUT2D eigenvalue weighted by Crippen LogP contribution is -2.28. The SMILES string of the molecule is O=C(Cc1ccc(F)cc1)C1(C(=O)Cc2ccc(Oc3ncnc4cccnc34)cc2)CC1. The number of carbonyl (C=O) groups excluding carboxylic acids is 2. The minimum absolute atomic E-state index is 0.0747. The summed E-state index contributed by atoms with van der Waals surface area (Å²) in [6, 6.07) is 16.6. The van der Waals surface area contributed by atoms with E-state index in [0.717, 1.165) is 5.56 Å². The minimum atomic E-state index is -0.908. The predicted molar refractivity (Wildman–Crippen MR) is 119 cm³/mol. The van der Waals surface area contributed by atoms with Gasteiger partial charge in [-0.2, -0.15) is 4.98 Å². The molecule has 2 aromatic heterocycles. The van der Waals surface area contributed by atoms with Crippen LogP contribution >= 0.6 is 0 Å². The van der Waals surface area contributed by atoms with E-state index in [9.17, 15) is 14.0 Å². The number of hydrogen-bond donors (Lipinski definition) is 0. The molecule has 1 aliphatic rings. The molecule has 0 saturated heterocycles. The summed E-state index contributed by atoms with van der Waals surface area (Å²) in [7, 11) is 0. The summed E-state index contributed by atoms with van der Waals surface area (Å²) in [6.07, 6.45) is 4.53. The fourth-order valence-electron chi connectivity index (χ4n) is 3.88. The first kappa shape index (κ1) is 20.9. The number of Topliss-reactive ketones (excluding diaryl/α,β-unsaturated/α-hetero) is 2. The fourth-order valence-corrected chi connectivity index (χ4v) is 3.88. The predicted octanol–water partition coefficient (Wildman–Crippen LogP) is 4.66. The number of hydrogen-bond acceptors (Lipinski definition) is 6. The molecule has 1 aliphatic carbocycles. The summed E-state index contributed by atoms with van der Waals surface area (Å²) in [6.45, 7) is 0. The topological polar surface area (TPSA) is 82.0 Å². The summed E-state index contributed by atoms with van der Waals surface area (Å²) in [5.41, 5.74) is 1.86. The summed E-state index contributed by atoms with van der Waals surface area (Å²) >= 11 is 0. The summed E-state index contributed by atoms with van der Waals surface area (Å²) in [5, 5.41) is 0. The Morgan fingerprint density at radius 3 is 2.12 bits per heavy atom. The number of rotatable bonds is 8. The van der Waals surface area contributed by atoms with Crippen LogP contribution < -0.4 is 4.74 Å². The van der Waals surface area contributed by atoms with Crippen molar-refractivity contribution in [2.75, 3.05) is 0 Å². The molecule has 7 heteroatoms. The standard InChI is InChI=1S/C26H20FN3O3/c27-19-7-3-17(4-8-19)14-22(31)26(11-12-26)23(32)15-18-5-9-20(10-6-18)33-25-24-21(29-16-30-25)2-1-13-28-24/h1-10,13,16H,11-12,14-15H2. The Labute approximate surface area is 189 Å². The second-order valence-electron chi connectivity index (χ2n) is 8.20. The van der Waals surface area contributed by atoms with Crippen LogP contribution in [0.4, 0.5) is 4.39 Å². The summed E-state index contributed by atoms with van der Waals surface area (Å²) in [5.74, 6) is 0.398. The Kier molecular flexibility index (Phi) is 5.38. The fraction of sp³-hybridized carbons (Fsp3) is 0.192. The first-order valence-electron chi connectivity index (χ1n) is 10.7. The Balaban J connectivity index is 1.25. The Morgan fingerprint density at radius 2 is 1.48 bits per heavy atom. The van der Waals surface area contributed by atoms with Crippen LogP contribution in [-0.2, 0) is 22.4 Å². The van der Waals surface area contributed by atoms with Gasteiger partial charge in [-0.05, 0) is 60.4 Å². The molecule has 0 atom stereocenters. The first-order chi connectivity index (χ1) is 16.0. The zero-order valence-electron chi connectivity index (χ0n) is 17.7. The lowest BCUT2D eigenvalue weighted by Gasteiger charge is -2.13. The first-order valence-corrected chi connectivity index (χ1v) is 10.7. The largest absolute Gasteiger partial charge is 0.437 e. The van der Waals surface area contributed by atoms with E-state index in [1.165, 1.54) is 18.5 Å². The van der Waals surface area contributed by atoms with Crippen molar-refractivity contribution >= 4 is 22.6 Å². The molecule has 0 amide bonds. The van der Waals surface area contributed by atoms with Crippen LogP contribution in [0.3, 0.4) is 0 Å². The van der Waals surface area contributed by atoms with Crippen LogP contribution in [0.15, 0.2) is 73.2 Å². The van der Waals surface area contributed by atoms with Gasteiger partial charge in [0.25, 0.3) is 0 Å². The van der Waals surface area contributed by atoms with E-state index in [1.54, 1.807) is 36.5 Å². The van der Waals surface area contributed by atoms with Gasteiger partial charge in [-0.1, -0.05) is 24.3 Å². The van der Waals surface area contributed by atoms with E-state index < -0.39 is 5.41 Å². The maximum Gasteiger partial charge on any atom is 0.249 e. The van der Waals surface area contributed by atoms with Gasteiger partial charge in [-0.3, -0.25) is 9.59 Å². The van der Waals surface area contributed by atoms with Gasteiger partial charge in [0.15, 0.2) is 17.1 Å². The lowest BCUT2D eigenvalue weighted by molar-refractivity contribution is -0.133. The number of pyridine rings is 1. The van der Waals surface area contributed by atoms with Crippen molar-refractivity contribution in [2.45, 2.75) is 25.7 Å². The van der Waals surface area contributed by atoms with E-state index in [0.29, 0.717) is 41.1 Å². The van der Waals surface area contributed by atoms with E-state index in [4.69, 9.17) is 4.74 Å². The van der Waals surface area contributed by atoms with Gasteiger partial charge in [0.05, 0.1) is 10.9 Å². The third kappa shape index (κ3) is 4.35. The average Bonchev–Trinajstić information content (AvgIpc) is 3.65. The van der Waals surface area contributed by atoms with E-state index in [2.05, 4.69) is 15.0 Å². The monoisotopic (exact) mass is 441 g/mol. The molecule has 33 heavy (non-hydrogen) atoms. The molecule has 4 aromatic rings. The Morgan fingerprint density at radius 1 is 0.848 bits per heavy atom. The van der Waals surface area contributed by atoms with Crippen LogP contribution in [-0.4, -0.2) is 26.5 Å². The molecule has 1 fully saturated rings. The molecule has 1 saturated carbocycles. The Hall–Kier alpha value is -4.00.